The summed E-state index contributed by atoms with van der Waals surface area (Å²) in [4.78, 5) is 4.39. The van der Waals surface area contributed by atoms with E-state index >= 15 is 0 Å². The zero-order valence-corrected chi connectivity index (χ0v) is 25.7. The summed E-state index contributed by atoms with van der Waals surface area (Å²) in [6.45, 7) is 0. The molecule has 0 aliphatic heterocycles. The molecule has 0 radical (unpaired) electrons. The molecule has 0 fully saturated rings. The summed E-state index contributed by atoms with van der Waals surface area (Å²) >= 11 is 0. The molecule has 3 aromatic heterocycles. The van der Waals surface area contributed by atoms with Crippen molar-refractivity contribution in [3.05, 3.63) is 163 Å². The van der Waals surface area contributed by atoms with Crippen molar-refractivity contribution in [2.75, 3.05) is 0 Å². The van der Waals surface area contributed by atoms with Crippen LogP contribution in [0.4, 0.5) is 0 Å². The topological polar surface area (TPSA) is 70.3 Å². The van der Waals surface area contributed by atoms with Gasteiger partial charge in [0, 0.05) is 50.8 Å². The summed E-state index contributed by atoms with van der Waals surface area (Å²) in [5.41, 5.74) is 10.6. The molecule has 0 N–H and O–H groups in total. The molecule has 0 amide bonds. The average molecular weight is 612 g/mol. The van der Waals surface area contributed by atoms with Crippen molar-refractivity contribution in [3.8, 4) is 45.8 Å². The van der Waals surface area contributed by atoms with Gasteiger partial charge in [0.25, 0.3) is 0 Å². The highest BCUT2D eigenvalue weighted by molar-refractivity contribution is 6.10. The lowest BCUT2D eigenvalue weighted by atomic mass is 9.93. The monoisotopic (exact) mass is 611 g/mol. The SMILES string of the molecule is N#Cc1cc(-c2cccc(-n3c4ccccc4c4ccccc43)c2)ccc1-c1cccc(C#N)c1-n1c2ccccc2c2cnccc21. The van der Waals surface area contributed by atoms with E-state index in [1.165, 1.54) is 10.8 Å². The number of hydrogen-bond acceptors (Lipinski definition) is 3. The first-order chi connectivity index (χ1) is 23.7. The van der Waals surface area contributed by atoms with Crippen LogP contribution in [0.2, 0.25) is 0 Å². The lowest BCUT2D eigenvalue weighted by molar-refractivity contribution is 1.16. The molecule has 48 heavy (non-hydrogen) atoms. The molecule has 0 atom stereocenters. The molecule has 0 spiro atoms. The van der Waals surface area contributed by atoms with E-state index in [1.807, 2.05) is 54.7 Å². The van der Waals surface area contributed by atoms with Gasteiger partial charge in [-0.2, -0.15) is 10.5 Å². The van der Waals surface area contributed by atoms with Gasteiger partial charge in [0.1, 0.15) is 6.07 Å². The van der Waals surface area contributed by atoms with Gasteiger partial charge in [-0.15, -0.1) is 0 Å². The molecule has 5 nitrogen and oxygen atoms in total. The minimum absolute atomic E-state index is 0.527. The Balaban J connectivity index is 1.22. The van der Waals surface area contributed by atoms with Gasteiger partial charge in [-0.3, -0.25) is 4.98 Å². The number of pyridine rings is 1. The third kappa shape index (κ3) is 4.06. The van der Waals surface area contributed by atoms with Gasteiger partial charge in [0.15, 0.2) is 0 Å². The van der Waals surface area contributed by atoms with Crippen molar-refractivity contribution < 1.29 is 0 Å². The second-order valence-corrected chi connectivity index (χ2v) is 11.9. The normalized spacial score (nSPS) is 11.3. The Kier molecular flexibility index (Phi) is 6.18. The molecule has 3 heterocycles. The van der Waals surface area contributed by atoms with E-state index < -0.39 is 0 Å². The number of para-hydroxylation sites is 4. The Morgan fingerprint density at radius 3 is 1.77 bits per heavy atom. The van der Waals surface area contributed by atoms with E-state index in [-0.39, 0.29) is 0 Å². The van der Waals surface area contributed by atoms with Gasteiger partial charge in [-0.1, -0.05) is 91.0 Å². The second kappa shape index (κ2) is 10.8. The van der Waals surface area contributed by atoms with Gasteiger partial charge in [0.2, 0.25) is 0 Å². The standard InChI is InChI=1S/C43H25N5/c44-25-30-10-8-15-37(43(30)48-41-18-6-3-14-36(41)38-27-46-22-21-42(38)48)33-20-19-29(23-31(33)26-45)28-9-7-11-32(24-28)47-39-16-4-1-12-34(39)35-13-2-5-17-40(35)47/h1-24,27H. The largest absolute Gasteiger partial charge is 0.309 e. The lowest BCUT2D eigenvalue weighted by Gasteiger charge is -2.17. The quantitative estimate of drug-likeness (QED) is 0.199. The molecule has 0 saturated carbocycles. The molecule has 6 aromatic carbocycles. The summed E-state index contributed by atoms with van der Waals surface area (Å²) in [7, 11) is 0. The van der Waals surface area contributed by atoms with E-state index in [4.69, 9.17) is 0 Å². The third-order valence-corrected chi connectivity index (χ3v) is 9.30. The van der Waals surface area contributed by atoms with Crippen LogP contribution in [0.25, 0.3) is 77.2 Å². The summed E-state index contributed by atoms with van der Waals surface area (Å²) in [6, 6.07) is 52.2. The Morgan fingerprint density at radius 1 is 0.458 bits per heavy atom. The van der Waals surface area contributed by atoms with Crippen LogP contribution in [0.15, 0.2) is 152 Å². The van der Waals surface area contributed by atoms with Crippen LogP contribution in [0.3, 0.4) is 0 Å². The summed E-state index contributed by atoms with van der Waals surface area (Å²) in [5, 5.41) is 25.4. The van der Waals surface area contributed by atoms with Gasteiger partial charge in [-0.25, -0.2) is 0 Å². The average Bonchev–Trinajstić information content (AvgIpc) is 3.67. The Labute approximate surface area is 276 Å². The van der Waals surface area contributed by atoms with Crippen LogP contribution in [0.5, 0.6) is 0 Å². The van der Waals surface area contributed by atoms with Crippen LogP contribution in [-0.2, 0) is 0 Å². The molecule has 0 bridgehead atoms. The van der Waals surface area contributed by atoms with Crippen LogP contribution in [0.1, 0.15) is 11.1 Å². The molecular formula is C43H25N5. The van der Waals surface area contributed by atoms with E-state index in [9.17, 15) is 10.5 Å². The smallest absolute Gasteiger partial charge is 0.101 e. The van der Waals surface area contributed by atoms with E-state index in [0.717, 1.165) is 66.5 Å². The summed E-state index contributed by atoms with van der Waals surface area (Å²) in [5.74, 6) is 0. The van der Waals surface area contributed by atoms with Crippen LogP contribution in [0, 0.1) is 22.7 Å². The van der Waals surface area contributed by atoms with Crippen molar-refractivity contribution in [1.29, 1.82) is 10.5 Å². The number of hydrogen-bond donors (Lipinski definition) is 0. The van der Waals surface area contributed by atoms with Crippen LogP contribution >= 0.6 is 0 Å². The first-order valence-electron chi connectivity index (χ1n) is 15.8. The Morgan fingerprint density at radius 2 is 1.06 bits per heavy atom. The Bertz CT molecular complexity index is 2710. The van der Waals surface area contributed by atoms with E-state index in [2.05, 4.69) is 117 Å². The van der Waals surface area contributed by atoms with Crippen LogP contribution < -0.4 is 0 Å². The molecule has 9 aromatic rings. The minimum atomic E-state index is 0.527. The van der Waals surface area contributed by atoms with Crippen molar-refractivity contribution in [1.82, 2.24) is 14.1 Å². The summed E-state index contributed by atoms with van der Waals surface area (Å²) < 4.78 is 4.43. The predicted molar refractivity (Wildman–Crippen MR) is 193 cm³/mol. The molecule has 222 valence electrons. The molecule has 0 aliphatic rings. The van der Waals surface area contributed by atoms with Gasteiger partial charge in [-0.05, 0) is 59.7 Å². The zero-order chi connectivity index (χ0) is 32.2. The lowest BCUT2D eigenvalue weighted by Crippen LogP contribution is -2.02. The molecule has 0 unspecified atom stereocenters. The number of fused-ring (bicyclic) bond motifs is 6. The van der Waals surface area contributed by atoms with Crippen molar-refractivity contribution in [3.63, 3.8) is 0 Å². The highest BCUT2D eigenvalue weighted by Crippen LogP contribution is 2.40. The zero-order valence-electron chi connectivity index (χ0n) is 25.7. The van der Waals surface area contributed by atoms with Crippen molar-refractivity contribution >= 4 is 43.6 Å². The number of nitriles is 2. The number of aromatic nitrogens is 3. The fourth-order valence-corrected chi connectivity index (χ4v) is 7.23. The van der Waals surface area contributed by atoms with Crippen molar-refractivity contribution in [2.45, 2.75) is 0 Å². The highest BCUT2D eigenvalue weighted by atomic mass is 15.0. The second-order valence-electron chi connectivity index (χ2n) is 11.9. The number of rotatable bonds is 4. The molecule has 5 heteroatoms. The number of benzene rings is 6. The maximum absolute atomic E-state index is 10.5. The van der Waals surface area contributed by atoms with Crippen LogP contribution in [-0.4, -0.2) is 14.1 Å². The molecular weight excluding hydrogens is 587 g/mol. The highest BCUT2D eigenvalue weighted by Gasteiger charge is 2.21. The molecule has 0 saturated heterocycles. The molecule has 0 aliphatic carbocycles. The van der Waals surface area contributed by atoms with Gasteiger partial charge in [0.05, 0.1) is 45.0 Å². The fourth-order valence-electron chi connectivity index (χ4n) is 7.23. The minimum Gasteiger partial charge on any atom is -0.309 e. The summed E-state index contributed by atoms with van der Waals surface area (Å²) in [6.07, 6.45) is 3.64. The predicted octanol–water partition coefficient (Wildman–Crippen LogP) is 10.4. The third-order valence-electron chi connectivity index (χ3n) is 9.30. The van der Waals surface area contributed by atoms with Gasteiger partial charge >= 0.3 is 0 Å². The maximum atomic E-state index is 10.5. The maximum Gasteiger partial charge on any atom is 0.101 e. The Hall–Kier alpha value is -6.95. The van der Waals surface area contributed by atoms with Gasteiger partial charge < -0.3 is 9.13 Å². The molecule has 9 rings (SSSR count). The van der Waals surface area contributed by atoms with E-state index in [1.54, 1.807) is 6.20 Å². The fraction of sp³-hybridized carbons (Fsp3) is 0. The first kappa shape index (κ1) is 27.4. The van der Waals surface area contributed by atoms with E-state index in [0.29, 0.717) is 11.1 Å². The first-order valence-corrected chi connectivity index (χ1v) is 15.8. The number of nitrogens with zero attached hydrogens (tertiary/aromatic N) is 5. The van der Waals surface area contributed by atoms with Crippen molar-refractivity contribution in [2.24, 2.45) is 0 Å².